The second kappa shape index (κ2) is 6.97. The van der Waals surface area contributed by atoms with E-state index < -0.39 is 0 Å². The molecule has 2 heterocycles. The molecule has 5 rings (SSSR count). The molecular formula is C24H27N3. The highest BCUT2D eigenvalue weighted by molar-refractivity contribution is 5.69. The number of piperidine rings is 1. The summed E-state index contributed by atoms with van der Waals surface area (Å²) in [4.78, 5) is 2.72. The fourth-order valence-corrected chi connectivity index (χ4v) is 5.04. The van der Waals surface area contributed by atoms with Crippen LogP contribution >= 0.6 is 0 Å². The van der Waals surface area contributed by atoms with E-state index in [0.717, 1.165) is 0 Å². The molecule has 0 radical (unpaired) electrons. The molecule has 0 bridgehead atoms. The molecule has 2 aliphatic rings. The first kappa shape index (κ1) is 16.8. The van der Waals surface area contributed by atoms with Gasteiger partial charge < -0.3 is 0 Å². The molecule has 0 spiro atoms. The van der Waals surface area contributed by atoms with Crippen LogP contribution in [0.15, 0.2) is 54.7 Å². The van der Waals surface area contributed by atoms with E-state index in [4.69, 9.17) is 0 Å². The van der Waals surface area contributed by atoms with Gasteiger partial charge in [0.05, 0.1) is 6.20 Å². The van der Waals surface area contributed by atoms with Crippen molar-refractivity contribution in [1.82, 2.24) is 15.1 Å². The topological polar surface area (TPSA) is 31.9 Å². The predicted molar refractivity (Wildman–Crippen MR) is 110 cm³/mol. The molecule has 27 heavy (non-hydrogen) atoms. The largest absolute Gasteiger partial charge is 0.300 e. The Bertz CT molecular complexity index is 909. The predicted octanol–water partition coefficient (Wildman–Crippen LogP) is 4.73. The van der Waals surface area contributed by atoms with E-state index in [9.17, 15) is 0 Å². The zero-order valence-electron chi connectivity index (χ0n) is 16.0. The van der Waals surface area contributed by atoms with Gasteiger partial charge in [0.1, 0.15) is 0 Å². The third-order valence-electron chi connectivity index (χ3n) is 6.59. The van der Waals surface area contributed by atoms with Crippen molar-refractivity contribution >= 4 is 0 Å². The molecule has 1 saturated heterocycles. The Morgan fingerprint density at radius 1 is 0.889 bits per heavy atom. The molecule has 1 fully saturated rings. The number of benzene rings is 2. The lowest BCUT2D eigenvalue weighted by Crippen LogP contribution is -2.41. The minimum Gasteiger partial charge on any atom is -0.300 e. The van der Waals surface area contributed by atoms with Crippen molar-refractivity contribution in [3.63, 3.8) is 0 Å². The fraction of sp³-hybridized carbons (Fsp3) is 0.375. The minimum absolute atomic E-state index is 0.585. The smallest absolute Gasteiger partial charge is 0.0568 e. The minimum atomic E-state index is 0.585. The van der Waals surface area contributed by atoms with Gasteiger partial charge in [-0.1, -0.05) is 48.5 Å². The number of fused-ring (bicyclic) bond motifs is 1. The number of nitrogens with one attached hydrogen (secondary N) is 1. The maximum Gasteiger partial charge on any atom is 0.0568 e. The monoisotopic (exact) mass is 357 g/mol. The summed E-state index contributed by atoms with van der Waals surface area (Å²) >= 11 is 0. The summed E-state index contributed by atoms with van der Waals surface area (Å²) < 4.78 is 0. The maximum atomic E-state index is 4.40. The molecule has 1 N–H and O–H groups in total. The number of aromatic amines is 1. The van der Waals surface area contributed by atoms with Gasteiger partial charge in [0.15, 0.2) is 0 Å². The summed E-state index contributed by atoms with van der Waals surface area (Å²) in [5.41, 5.74) is 8.37. The van der Waals surface area contributed by atoms with Crippen LogP contribution < -0.4 is 0 Å². The van der Waals surface area contributed by atoms with Crippen LogP contribution in [0.1, 0.15) is 41.1 Å². The van der Waals surface area contributed by atoms with Crippen molar-refractivity contribution in [2.75, 3.05) is 13.1 Å². The Labute approximate surface area is 161 Å². The molecule has 0 saturated carbocycles. The van der Waals surface area contributed by atoms with E-state index in [1.807, 2.05) is 6.20 Å². The molecule has 1 aromatic heterocycles. The molecule has 2 aromatic carbocycles. The third kappa shape index (κ3) is 3.10. The van der Waals surface area contributed by atoms with Crippen molar-refractivity contribution in [3.05, 3.63) is 77.1 Å². The highest BCUT2D eigenvalue weighted by Gasteiger charge is 2.31. The zero-order valence-corrected chi connectivity index (χ0v) is 16.0. The summed E-state index contributed by atoms with van der Waals surface area (Å²) in [5, 5.41) is 7.73. The van der Waals surface area contributed by atoms with Crippen LogP contribution in [0.25, 0.3) is 11.1 Å². The van der Waals surface area contributed by atoms with Gasteiger partial charge in [0.25, 0.3) is 0 Å². The van der Waals surface area contributed by atoms with Crippen molar-refractivity contribution in [3.8, 4) is 11.1 Å². The second-order valence-corrected chi connectivity index (χ2v) is 8.15. The Morgan fingerprint density at radius 2 is 1.56 bits per heavy atom. The molecule has 0 amide bonds. The lowest BCUT2D eigenvalue weighted by Gasteiger charge is -2.36. The van der Waals surface area contributed by atoms with Crippen LogP contribution in [0.5, 0.6) is 0 Å². The first-order chi connectivity index (χ1) is 13.3. The summed E-state index contributed by atoms with van der Waals surface area (Å²) in [6, 6.07) is 18.3. The number of likely N-dealkylation sites (tertiary alicyclic amines) is 1. The second-order valence-electron chi connectivity index (χ2n) is 8.15. The summed E-state index contributed by atoms with van der Waals surface area (Å²) in [6.45, 7) is 4.57. The van der Waals surface area contributed by atoms with Crippen molar-refractivity contribution < 1.29 is 0 Å². The Kier molecular flexibility index (Phi) is 4.33. The molecule has 138 valence electrons. The van der Waals surface area contributed by atoms with E-state index in [1.165, 1.54) is 61.2 Å². The zero-order chi connectivity index (χ0) is 18.2. The molecule has 1 aliphatic heterocycles. The summed E-state index contributed by atoms with van der Waals surface area (Å²) in [7, 11) is 0. The van der Waals surface area contributed by atoms with Crippen LogP contribution in [0.3, 0.4) is 0 Å². The molecule has 3 aromatic rings. The molecule has 0 unspecified atom stereocenters. The molecule has 1 aliphatic carbocycles. The van der Waals surface area contributed by atoms with Crippen LogP contribution in [-0.4, -0.2) is 34.2 Å². The van der Waals surface area contributed by atoms with Gasteiger partial charge >= 0.3 is 0 Å². The molecular weight excluding hydrogens is 330 g/mol. The van der Waals surface area contributed by atoms with Crippen LogP contribution in [0.2, 0.25) is 0 Å². The first-order valence-electron chi connectivity index (χ1n) is 10.2. The summed E-state index contributed by atoms with van der Waals surface area (Å²) in [5.74, 6) is 0.585. The van der Waals surface area contributed by atoms with E-state index in [2.05, 4.69) is 70.6 Å². The van der Waals surface area contributed by atoms with E-state index in [0.29, 0.717) is 12.0 Å². The SMILES string of the molecule is Cc1ccccc1-c1cn[nH]c1C1CCN(C2Cc3ccccc3C2)CC1. The highest BCUT2D eigenvalue weighted by atomic mass is 15.2. The van der Waals surface area contributed by atoms with E-state index in [-0.39, 0.29) is 0 Å². The third-order valence-corrected chi connectivity index (χ3v) is 6.59. The number of rotatable bonds is 3. The molecule has 3 nitrogen and oxygen atoms in total. The fourth-order valence-electron chi connectivity index (χ4n) is 5.04. The van der Waals surface area contributed by atoms with Crippen molar-refractivity contribution in [1.29, 1.82) is 0 Å². The van der Waals surface area contributed by atoms with Gasteiger partial charge in [-0.05, 0) is 68.0 Å². The number of hydrogen-bond donors (Lipinski definition) is 1. The highest BCUT2D eigenvalue weighted by Crippen LogP contribution is 2.36. The van der Waals surface area contributed by atoms with Crippen molar-refractivity contribution in [2.24, 2.45) is 0 Å². The Morgan fingerprint density at radius 3 is 2.26 bits per heavy atom. The lowest BCUT2D eigenvalue weighted by molar-refractivity contribution is 0.155. The van der Waals surface area contributed by atoms with Gasteiger partial charge in [0, 0.05) is 23.2 Å². The standard InChI is InChI=1S/C24H27N3/c1-17-6-2-5-9-22(17)23-16-25-26-24(23)18-10-12-27(13-11-18)21-14-19-7-3-4-8-20(19)15-21/h2-9,16,18,21H,10-15H2,1H3,(H,25,26). The van der Waals surface area contributed by atoms with E-state index in [1.54, 1.807) is 11.1 Å². The maximum absolute atomic E-state index is 4.40. The average Bonchev–Trinajstić information content (AvgIpc) is 3.35. The molecule has 3 heteroatoms. The summed E-state index contributed by atoms with van der Waals surface area (Å²) in [6.07, 6.45) is 6.89. The first-order valence-corrected chi connectivity index (χ1v) is 10.2. The number of aromatic nitrogens is 2. The number of hydrogen-bond acceptors (Lipinski definition) is 2. The van der Waals surface area contributed by atoms with Crippen LogP contribution in [0, 0.1) is 6.92 Å². The quantitative estimate of drug-likeness (QED) is 0.735. The molecule has 0 atom stereocenters. The average molecular weight is 358 g/mol. The van der Waals surface area contributed by atoms with Crippen LogP contribution in [-0.2, 0) is 12.8 Å². The van der Waals surface area contributed by atoms with Gasteiger partial charge in [-0.2, -0.15) is 5.10 Å². The Hall–Kier alpha value is -2.39. The van der Waals surface area contributed by atoms with Gasteiger partial charge in [0.2, 0.25) is 0 Å². The lowest BCUT2D eigenvalue weighted by atomic mass is 9.88. The number of nitrogens with zero attached hydrogens (tertiary/aromatic N) is 2. The Balaban J connectivity index is 1.29. The van der Waals surface area contributed by atoms with E-state index >= 15 is 0 Å². The normalized spacial score (nSPS) is 18.7. The van der Waals surface area contributed by atoms with Gasteiger partial charge in [-0.25, -0.2) is 0 Å². The van der Waals surface area contributed by atoms with Crippen molar-refractivity contribution in [2.45, 2.75) is 44.6 Å². The number of aryl methyl sites for hydroxylation is 1. The number of H-pyrrole nitrogens is 1. The van der Waals surface area contributed by atoms with Crippen LogP contribution in [0.4, 0.5) is 0 Å². The van der Waals surface area contributed by atoms with Gasteiger partial charge in [-0.3, -0.25) is 10.00 Å². The van der Waals surface area contributed by atoms with Gasteiger partial charge in [-0.15, -0.1) is 0 Å².